The number of para-hydroxylation sites is 1. The van der Waals surface area contributed by atoms with Crippen LogP contribution >= 0.6 is 11.6 Å². The third-order valence-electron chi connectivity index (χ3n) is 3.97. The Bertz CT molecular complexity index is 679. The second kappa shape index (κ2) is 4.83. The molecule has 0 saturated carbocycles. The molecule has 21 heavy (non-hydrogen) atoms. The summed E-state index contributed by atoms with van der Waals surface area (Å²) in [6.07, 6.45) is 0.119. The van der Waals surface area contributed by atoms with Gasteiger partial charge in [0, 0.05) is 5.69 Å². The van der Waals surface area contributed by atoms with Gasteiger partial charge in [-0.1, -0.05) is 29.8 Å². The van der Waals surface area contributed by atoms with Crippen LogP contribution in [0.25, 0.3) is 0 Å². The van der Waals surface area contributed by atoms with Crippen LogP contribution in [0.4, 0.5) is 5.69 Å². The molecule has 2 aromatic rings. The molecule has 2 aliphatic rings. The van der Waals surface area contributed by atoms with E-state index in [0.717, 1.165) is 17.7 Å². The average molecular weight is 304 g/mol. The molecule has 108 valence electrons. The van der Waals surface area contributed by atoms with Crippen molar-refractivity contribution in [2.45, 2.75) is 18.6 Å². The lowest BCUT2D eigenvalue weighted by Crippen LogP contribution is -2.24. The largest absolute Gasteiger partial charge is 0.454 e. The summed E-state index contributed by atoms with van der Waals surface area (Å²) in [7, 11) is 0. The first-order chi connectivity index (χ1) is 10.2. The molecule has 2 N–H and O–H groups in total. The van der Waals surface area contributed by atoms with E-state index in [-0.39, 0.29) is 12.8 Å². The molecule has 0 aliphatic carbocycles. The molecule has 2 aliphatic heterocycles. The Balaban J connectivity index is 1.62. The van der Waals surface area contributed by atoms with E-state index in [4.69, 9.17) is 21.1 Å². The molecular formula is C16H14ClNO3. The summed E-state index contributed by atoms with van der Waals surface area (Å²) in [6, 6.07) is 11.5. The molecule has 0 radical (unpaired) electrons. The van der Waals surface area contributed by atoms with Gasteiger partial charge in [-0.25, -0.2) is 0 Å². The zero-order valence-electron chi connectivity index (χ0n) is 11.2. The SMILES string of the molecule is OC(c1cc(Cl)c2c(c1)OCO2)C1Cc2ccccc2N1. The normalized spacial score (nSPS) is 20.0. The minimum absolute atomic E-state index is 0.0705. The van der Waals surface area contributed by atoms with Crippen molar-refractivity contribution < 1.29 is 14.6 Å². The van der Waals surface area contributed by atoms with Gasteiger partial charge in [0.2, 0.25) is 6.79 Å². The molecule has 5 heteroatoms. The Morgan fingerprint density at radius 3 is 2.95 bits per heavy atom. The highest BCUT2D eigenvalue weighted by atomic mass is 35.5. The first kappa shape index (κ1) is 12.8. The number of aliphatic hydroxyl groups excluding tert-OH is 1. The van der Waals surface area contributed by atoms with Gasteiger partial charge in [-0.2, -0.15) is 0 Å². The van der Waals surface area contributed by atoms with Crippen LogP contribution in [0.2, 0.25) is 5.02 Å². The van der Waals surface area contributed by atoms with Crippen molar-refractivity contribution >= 4 is 17.3 Å². The van der Waals surface area contributed by atoms with Crippen LogP contribution in [0, 0.1) is 0 Å². The summed E-state index contributed by atoms with van der Waals surface area (Å²) in [5, 5.41) is 14.5. The number of benzene rings is 2. The number of anilines is 1. The van der Waals surface area contributed by atoms with Crippen LogP contribution in [0.5, 0.6) is 11.5 Å². The van der Waals surface area contributed by atoms with Gasteiger partial charge in [-0.05, 0) is 35.7 Å². The van der Waals surface area contributed by atoms with Crippen LogP contribution in [0.1, 0.15) is 17.2 Å². The fraction of sp³-hybridized carbons (Fsp3) is 0.250. The minimum Gasteiger partial charge on any atom is -0.454 e. The quantitative estimate of drug-likeness (QED) is 0.895. The maximum atomic E-state index is 10.6. The molecule has 0 saturated heterocycles. The van der Waals surface area contributed by atoms with Gasteiger partial charge < -0.3 is 19.9 Å². The standard InChI is InChI=1S/C16H14ClNO3/c17-11-5-10(7-14-16(11)21-8-20-14)15(19)13-6-9-3-1-2-4-12(9)18-13/h1-5,7,13,15,18-19H,6,8H2. The number of halogens is 1. The van der Waals surface area contributed by atoms with Gasteiger partial charge in [0.15, 0.2) is 11.5 Å². The zero-order valence-corrected chi connectivity index (χ0v) is 11.9. The smallest absolute Gasteiger partial charge is 0.231 e. The van der Waals surface area contributed by atoms with Crippen LogP contribution < -0.4 is 14.8 Å². The van der Waals surface area contributed by atoms with Crippen molar-refractivity contribution in [3.8, 4) is 11.5 Å². The minimum atomic E-state index is -0.663. The number of rotatable bonds is 2. The van der Waals surface area contributed by atoms with E-state index < -0.39 is 6.10 Å². The molecule has 0 aromatic heterocycles. The molecule has 0 fully saturated rings. The third-order valence-corrected chi connectivity index (χ3v) is 4.25. The molecule has 2 atom stereocenters. The van der Waals surface area contributed by atoms with E-state index in [9.17, 15) is 5.11 Å². The van der Waals surface area contributed by atoms with Gasteiger partial charge in [0.1, 0.15) is 0 Å². The Labute approximate surface area is 127 Å². The van der Waals surface area contributed by atoms with Gasteiger partial charge in [0.25, 0.3) is 0 Å². The lowest BCUT2D eigenvalue weighted by atomic mass is 9.99. The van der Waals surface area contributed by atoms with Gasteiger partial charge in [0.05, 0.1) is 17.2 Å². The van der Waals surface area contributed by atoms with Crippen molar-refractivity contribution in [3.63, 3.8) is 0 Å². The highest BCUT2D eigenvalue weighted by molar-refractivity contribution is 6.32. The van der Waals surface area contributed by atoms with E-state index in [1.54, 1.807) is 12.1 Å². The average Bonchev–Trinajstić information content (AvgIpc) is 3.12. The molecule has 4 rings (SSSR count). The van der Waals surface area contributed by atoms with Crippen LogP contribution in [0.15, 0.2) is 36.4 Å². The predicted molar refractivity (Wildman–Crippen MR) is 80.1 cm³/mol. The topological polar surface area (TPSA) is 50.7 Å². The van der Waals surface area contributed by atoms with E-state index in [1.807, 2.05) is 18.2 Å². The predicted octanol–water partition coefficient (Wildman–Crippen LogP) is 3.14. The Morgan fingerprint density at radius 2 is 2.10 bits per heavy atom. The second-order valence-electron chi connectivity index (χ2n) is 5.29. The van der Waals surface area contributed by atoms with Crippen molar-refractivity contribution in [2.24, 2.45) is 0 Å². The zero-order chi connectivity index (χ0) is 14.4. The van der Waals surface area contributed by atoms with Crippen molar-refractivity contribution in [1.29, 1.82) is 0 Å². The van der Waals surface area contributed by atoms with E-state index in [0.29, 0.717) is 16.5 Å². The molecule has 4 nitrogen and oxygen atoms in total. The van der Waals surface area contributed by atoms with Crippen LogP contribution in [0.3, 0.4) is 0 Å². The molecule has 0 spiro atoms. The third kappa shape index (κ3) is 2.11. The monoisotopic (exact) mass is 303 g/mol. The maximum absolute atomic E-state index is 10.6. The van der Waals surface area contributed by atoms with Gasteiger partial charge >= 0.3 is 0 Å². The molecule has 0 bridgehead atoms. The number of fused-ring (bicyclic) bond motifs is 2. The molecule has 2 unspecified atom stereocenters. The summed E-state index contributed by atoms with van der Waals surface area (Å²) >= 11 is 6.18. The highest BCUT2D eigenvalue weighted by Gasteiger charge is 2.29. The number of hydrogen-bond donors (Lipinski definition) is 2. The number of hydrogen-bond acceptors (Lipinski definition) is 4. The van der Waals surface area contributed by atoms with Crippen LogP contribution in [-0.4, -0.2) is 17.9 Å². The van der Waals surface area contributed by atoms with Crippen LogP contribution in [-0.2, 0) is 6.42 Å². The second-order valence-corrected chi connectivity index (χ2v) is 5.70. The Hall–Kier alpha value is -1.91. The summed E-state index contributed by atoms with van der Waals surface area (Å²) in [5.41, 5.74) is 3.02. The molecule has 2 heterocycles. The van der Waals surface area contributed by atoms with Crippen molar-refractivity contribution in [2.75, 3.05) is 12.1 Å². The van der Waals surface area contributed by atoms with E-state index >= 15 is 0 Å². The van der Waals surface area contributed by atoms with Gasteiger partial charge in [-0.15, -0.1) is 0 Å². The molecular weight excluding hydrogens is 290 g/mol. The van der Waals surface area contributed by atoms with E-state index in [1.165, 1.54) is 5.56 Å². The summed E-state index contributed by atoms with van der Waals surface area (Å²) in [6.45, 7) is 0.168. The molecule has 2 aromatic carbocycles. The number of nitrogens with one attached hydrogen (secondary N) is 1. The summed E-state index contributed by atoms with van der Waals surface area (Å²) in [4.78, 5) is 0. The van der Waals surface area contributed by atoms with Gasteiger partial charge in [-0.3, -0.25) is 0 Å². The first-order valence-corrected chi connectivity index (χ1v) is 7.22. The Morgan fingerprint density at radius 1 is 1.24 bits per heavy atom. The fourth-order valence-corrected chi connectivity index (χ4v) is 3.18. The first-order valence-electron chi connectivity index (χ1n) is 6.84. The highest BCUT2D eigenvalue weighted by Crippen LogP contribution is 2.42. The fourth-order valence-electron chi connectivity index (χ4n) is 2.91. The van der Waals surface area contributed by atoms with Crippen molar-refractivity contribution in [1.82, 2.24) is 0 Å². The summed E-state index contributed by atoms with van der Waals surface area (Å²) < 4.78 is 10.6. The molecule has 0 amide bonds. The van der Waals surface area contributed by atoms with E-state index in [2.05, 4.69) is 11.4 Å². The lowest BCUT2D eigenvalue weighted by molar-refractivity contribution is 0.155. The number of ether oxygens (including phenoxy) is 2. The lowest BCUT2D eigenvalue weighted by Gasteiger charge is -2.20. The summed E-state index contributed by atoms with van der Waals surface area (Å²) in [5.74, 6) is 1.14. The van der Waals surface area contributed by atoms with Crippen molar-refractivity contribution in [3.05, 3.63) is 52.5 Å². The number of aliphatic hydroxyl groups is 1. The Kier molecular flexibility index (Phi) is 2.94. The maximum Gasteiger partial charge on any atom is 0.231 e.